The molecule has 1 aromatic carbocycles. The van der Waals surface area contributed by atoms with Crippen LogP contribution >= 0.6 is 11.6 Å². The van der Waals surface area contributed by atoms with Gasteiger partial charge in [-0.1, -0.05) is 30.9 Å². The van der Waals surface area contributed by atoms with Crippen LogP contribution in [0.1, 0.15) is 37.7 Å². The molecule has 0 atom stereocenters. The van der Waals surface area contributed by atoms with E-state index >= 15 is 0 Å². The lowest BCUT2D eigenvalue weighted by atomic mass is 9.69. The minimum Gasteiger partial charge on any atom is -0.361 e. The molecule has 1 aromatic heterocycles. The SMILES string of the molecule is NCC1(c2c[nH]c3ccc(Cl)cc23)CCCCC1. The molecule has 0 bridgehead atoms. The van der Waals surface area contributed by atoms with Crippen LogP contribution in [0.5, 0.6) is 0 Å². The van der Waals surface area contributed by atoms with Crippen LogP contribution in [0.15, 0.2) is 24.4 Å². The quantitative estimate of drug-likeness (QED) is 0.845. The van der Waals surface area contributed by atoms with Crippen molar-refractivity contribution in [3.05, 3.63) is 35.0 Å². The van der Waals surface area contributed by atoms with E-state index in [-0.39, 0.29) is 5.41 Å². The zero-order valence-electron chi connectivity index (χ0n) is 10.5. The molecule has 1 saturated carbocycles. The van der Waals surface area contributed by atoms with Crippen LogP contribution < -0.4 is 5.73 Å². The molecule has 96 valence electrons. The number of benzene rings is 1. The second kappa shape index (κ2) is 4.60. The minimum atomic E-state index is 0.154. The molecule has 0 saturated heterocycles. The lowest BCUT2D eigenvalue weighted by Crippen LogP contribution is -2.36. The third kappa shape index (κ3) is 1.84. The Hall–Kier alpha value is -0.990. The van der Waals surface area contributed by atoms with Crippen LogP contribution in [0, 0.1) is 0 Å². The van der Waals surface area contributed by atoms with Crippen LogP contribution in [-0.2, 0) is 5.41 Å². The number of nitrogens with one attached hydrogen (secondary N) is 1. The van der Waals surface area contributed by atoms with Gasteiger partial charge in [0.05, 0.1) is 0 Å². The average Bonchev–Trinajstić information content (AvgIpc) is 2.83. The fourth-order valence-electron chi connectivity index (χ4n) is 3.34. The van der Waals surface area contributed by atoms with Crippen LogP contribution in [0.4, 0.5) is 0 Å². The highest BCUT2D eigenvalue weighted by Crippen LogP contribution is 2.42. The zero-order chi connectivity index (χ0) is 12.6. The van der Waals surface area contributed by atoms with Gasteiger partial charge in [0.1, 0.15) is 0 Å². The number of H-pyrrole nitrogens is 1. The fourth-order valence-corrected chi connectivity index (χ4v) is 3.52. The first-order chi connectivity index (χ1) is 8.75. The van der Waals surface area contributed by atoms with Crippen molar-refractivity contribution in [1.29, 1.82) is 0 Å². The fraction of sp³-hybridized carbons (Fsp3) is 0.467. The second-order valence-electron chi connectivity index (χ2n) is 5.44. The van der Waals surface area contributed by atoms with E-state index in [1.165, 1.54) is 43.1 Å². The van der Waals surface area contributed by atoms with E-state index in [2.05, 4.69) is 17.2 Å². The van der Waals surface area contributed by atoms with Crippen LogP contribution in [0.25, 0.3) is 10.9 Å². The van der Waals surface area contributed by atoms with Crippen molar-refractivity contribution in [3.63, 3.8) is 0 Å². The molecule has 0 aliphatic heterocycles. The number of halogens is 1. The Morgan fingerprint density at radius 3 is 2.72 bits per heavy atom. The molecule has 1 heterocycles. The van der Waals surface area contributed by atoms with Crippen molar-refractivity contribution in [1.82, 2.24) is 4.98 Å². The Morgan fingerprint density at radius 1 is 1.22 bits per heavy atom. The number of hydrogen-bond acceptors (Lipinski definition) is 1. The second-order valence-corrected chi connectivity index (χ2v) is 5.87. The summed E-state index contributed by atoms with van der Waals surface area (Å²) in [5.41, 5.74) is 8.79. The number of hydrogen-bond donors (Lipinski definition) is 2. The number of aromatic nitrogens is 1. The lowest BCUT2D eigenvalue weighted by Gasteiger charge is -2.36. The molecule has 0 amide bonds. The van der Waals surface area contributed by atoms with Crippen molar-refractivity contribution in [2.24, 2.45) is 5.73 Å². The summed E-state index contributed by atoms with van der Waals surface area (Å²) in [5, 5.41) is 2.04. The summed E-state index contributed by atoms with van der Waals surface area (Å²) in [4.78, 5) is 3.36. The maximum Gasteiger partial charge on any atom is 0.0458 e. The first-order valence-electron chi connectivity index (χ1n) is 6.72. The molecule has 1 aliphatic carbocycles. The van der Waals surface area contributed by atoms with Crippen molar-refractivity contribution in [2.45, 2.75) is 37.5 Å². The lowest BCUT2D eigenvalue weighted by molar-refractivity contribution is 0.303. The molecule has 3 rings (SSSR count). The molecule has 3 N–H and O–H groups in total. The molecular weight excluding hydrogens is 244 g/mol. The highest BCUT2D eigenvalue weighted by Gasteiger charge is 2.34. The van der Waals surface area contributed by atoms with Gasteiger partial charge in [-0.3, -0.25) is 0 Å². The average molecular weight is 263 g/mol. The largest absolute Gasteiger partial charge is 0.361 e. The molecule has 2 nitrogen and oxygen atoms in total. The van der Waals surface area contributed by atoms with Gasteiger partial charge in [-0.2, -0.15) is 0 Å². The summed E-state index contributed by atoms with van der Waals surface area (Å²) < 4.78 is 0. The Kier molecular flexibility index (Phi) is 3.08. The predicted octanol–water partition coefficient (Wildman–Crippen LogP) is 3.98. The normalized spacial score (nSPS) is 19.2. The van der Waals surface area contributed by atoms with Crippen molar-refractivity contribution in [2.75, 3.05) is 6.54 Å². The van der Waals surface area contributed by atoms with Gasteiger partial charge in [0, 0.05) is 34.1 Å². The van der Waals surface area contributed by atoms with E-state index in [1.807, 2.05) is 12.1 Å². The van der Waals surface area contributed by atoms with E-state index in [1.54, 1.807) is 0 Å². The Morgan fingerprint density at radius 2 is 2.00 bits per heavy atom. The topological polar surface area (TPSA) is 41.8 Å². The monoisotopic (exact) mass is 262 g/mol. The Balaban J connectivity index is 2.14. The third-order valence-corrected chi connectivity index (χ3v) is 4.65. The minimum absolute atomic E-state index is 0.154. The van der Waals surface area contributed by atoms with Crippen molar-refractivity contribution < 1.29 is 0 Å². The Labute approximate surface area is 113 Å². The van der Waals surface area contributed by atoms with Crippen LogP contribution in [0.3, 0.4) is 0 Å². The van der Waals surface area contributed by atoms with Crippen LogP contribution in [0.2, 0.25) is 5.02 Å². The van der Waals surface area contributed by atoms with E-state index in [0.717, 1.165) is 17.1 Å². The van der Waals surface area contributed by atoms with Crippen molar-refractivity contribution in [3.8, 4) is 0 Å². The number of aromatic amines is 1. The standard InChI is InChI=1S/C15H19ClN2/c16-11-4-5-14-12(8-11)13(9-18-14)15(10-17)6-2-1-3-7-15/h4-5,8-9,18H,1-3,6-7,10,17H2. The summed E-state index contributed by atoms with van der Waals surface area (Å²) in [7, 11) is 0. The van der Waals surface area contributed by atoms with Gasteiger partial charge in [-0.25, -0.2) is 0 Å². The van der Waals surface area contributed by atoms with Gasteiger partial charge in [-0.15, -0.1) is 0 Å². The highest BCUT2D eigenvalue weighted by atomic mass is 35.5. The molecule has 0 unspecified atom stereocenters. The Bertz CT molecular complexity index is 553. The highest BCUT2D eigenvalue weighted by molar-refractivity contribution is 6.31. The summed E-state index contributed by atoms with van der Waals surface area (Å²) in [6.45, 7) is 0.729. The van der Waals surface area contributed by atoms with E-state index in [0.29, 0.717) is 0 Å². The number of rotatable bonds is 2. The van der Waals surface area contributed by atoms with Gasteiger partial charge in [0.25, 0.3) is 0 Å². The number of nitrogens with two attached hydrogens (primary N) is 1. The smallest absolute Gasteiger partial charge is 0.0458 e. The number of fused-ring (bicyclic) bond motifs is 1. The molecule has 1 aliphatic rings. The third-order valence-electron chi connectivity index (χ3n) is 4.42. The van der Waals surface area contributed by atoms with E-state index in [4.69, 9.17) is 17.3 Å². The molecule has 1 fully saturated rings. The predicted molar refractivity (Wildman–Crippen MR) is 77.1 cm³/mol. The van der Waals surface area contributed by atoms with E-state index < -0.39 is 0 Å². The summed E-state index contributed by atoms with van der Waals surface area (Å²) in [6.07, 6.45) is 8.44. The van der Waals surface area contributed by atoms with Gasteiger partial charge in [0.2, 0.25) is 0 Å². The van der Waals surface area contributed by atoms with Gasteiger partial charge in [0.15, 0.2) is 0 Å². The maximum absolute atomic E-state index is 6.13. The van der Waals surface area contributed by atoms with Gasteiger partial charge in [-0.05, 0) is 36.6 Å². The summed E-state index contributed by atoms with van der Waals surface area (Å²) in [5.74, 6) is 0. The molecular formula is C15H19ClN2. The molecule has 0 radical (unpaired) electrons. The molecule has 3 heteroatoms. The van der Waals surface area contributed by atoms with Gasteiger partial charge >= 0.3 is 0 Å². The molecule has 18 heavy (non-hydrogen) atoms. The summed E-state index contributed by atoms with van der Waals surface area (Å²) in [6, 6.07) is 6.04. The van der Waals surface area contributed by atoms with Crippen molar-refractivity contribution >= 4 is 22.5 Å². The van der Waals surface area contributed by atoms with Crippen LogP contribution in [-0.4, -0.2) is 11.5 Å². The molecule has 2 aromatic rings. The molecule has 0 spiro atoms. The zero-order valence-corrected chi connectivity index (χ0v) is 11.3. The summed E-state index contributed by atoms with van der Waals surface area (Å²) >= 11 is 6.13. The first kappa shape index (κ1) is 12.1. The van der Waals surface area contributed by atoms with E-state index in [9.17, 15) is 0 Å². The first-order valence-corrected chi connectivity index (χ1v) is 7.10. The maximum atomic E-state index is 6.13. The van der Waals surface area contributed by atoms with Gasteiger partial charge < -0.3 is 10.7 Å².